The fraction of sp³-hybridized carbons (Fsp3) is 0.300. The van der Waals surface area contributed by atoms with E-state index >= 15 is 0 Å². The van der Waals surface area contributed by atoms with Gasteiger partial charge < -0.3 is 20.1 Å². The first-order chi connectivity index (χ1) is 17.7. The fourth-order valence-corrected chi connectivity index (χ4v) is 3.51. The van der Waals surface area contributed by atoms with Crippen molar-refractivity contribution < 1.29 is 23.9 Å². The van der Waals surface area contributed by atoms with Crippen LogP contribution in [0.25, 0.3) is 0 Å². The zero-order valence-corrected chi connectivity index (χ0v) is 22.9. The third kappa shape index (κ3) is 7.83. The fourth-order valence-electron chi connectivity index (χ4n) is 3.51. The van der Waals surface area contributed by atoms with Crippen LogP contribution in [-0.4, -0.2) is 30.6 Å². The van der Waals surface area contributed by atoms with Crippen LogP contribution in [0.4, 0.5) is 21.9 Å². The van der Waals surface area contributed by atoms with Crippen molar-refractivity contribution in [1.82, 2.24) is 0 Å². The second-order valence-corrected chi connectivity index (χ2v) is 10.9. The monoisotopic (exact) mass is 517 g/mol. The maximum absolute atomic E-state index is 13.1. The van der Waals surface area contributed by atoms with Crippen LogP contribution < -0.4 is 20.7 Å². The summed E-state index contributed by atoms with van der Waals surface area (Å²) in [6.45, 7) is 11.6. The standard InChI is InChI=1S/C30H35N3O5/c1-29(2,3)21-12-8-19(9-13-21)27(35)33-25-18-22(31-28(36)38-30(4,5)6)14-17-24(25)32-26(34)20-10-15-23(37-7)16-11-20/h8-18H,1-7H3,(H,31,36)(H,32,34)(H,33,35). The Bertz CT molecular complexity index is 1300. The van der Waals surface area contributed by atoms with Gasteiger partial charge in [-0.3, -0.25) is 14.9 Å². The lowest BCUT2D eigenvalue weighted by molar-refractivity contribution is 0.0635. The summed E-state index contributed by atoms with van der Waals surface area (Å²) < 4.78 is 10.5. The molecule has 0 saturated heterocycles. The van der Waals surface area contributed by atoms with Gasteiger partial charge in [0, 0.05) is 16.8 Å². The maximum atomic E-state index is 13.1. The Labute approximate surface area is 223 Å². The zero-order chi connectivity index (χ0) is 28.1. The molecule has 200 valence electrons. The topological polar surface area (TPSA) is 106 Å². The molecule has 0 unspecified atom stereocenters. The van der Waals surface area contributed by atoms with E-state index < -0.39 is 11.7 Å². The highest BCUT2D eigenvalue weighted by molar-refractivity contribution is 6.10. The highest BCUT2D eigenvalue weighted by Crippen LogP contribution is 2.28. The quantitative estimate of drug-likeness (QED) is 0.332. The molecule has 0 aliphatic heterocycles. The summed E-state index contributed by atoms with van der Waals surface area (Å²) in [5, 5.41) is 8.35. The molecule has 0 aliphatic carbocycles. The Balaban J connectivity index is 1.88. The number of hydrogen-bond donors (Lipinski definition) is 3. The van der Waals surface area contributed by atoms with E-state index in [1.165, 1.54) is 0 Å². The lowest BCUT2D eigenvalue weighted by Gasteiger charge is -2.20. The maximum Gasteiger partial charge on any atom is 0.412 e. The van der Waals surface area contributed by atoms with Crippen molar-refractivity contribution in [2.75, 3.05) is 23.1 Å². The van der Waals surface area contributed by atoms with Crippen LogP contribution >= 0.6 is 0 Å². The van der Waals surface area contributed by atoms with Crippen LogP contribution in [0.2, 0.25) is 0 Å². The molecule has 3 amide bonds. The first-order valence-corrected chi connectivity index (χ1v) is 12.3. The van der Waals surface area contributed by atoms with Gasteiger partial charge in [-0.25, -0.2) is 4.79 Å². The van der Waals surface area contributed by atoms with Gasteiger partial charge >= 0.3 is 6.09 Å². The average Bonchev–Trinajstić information content (AvgIpc) is 2.84. The van der Waals surface area contributed by atoms with Crippen molar-refractivity contribution in [1.29, 1.82) is 0 Å². The molecule has 0 radical (unpaired) electrons. The summed E-state index contributed by atoms with van der Waals surface area (Å²) >= 11 is 0. The number of carbonyl (C=O) groups excluding carboxylic acids is 3. The highest BCUT2D eigenvalue weighted by Gasteiger charge is 2.19. The molecule has 0 aliphatic rings. The predicted molar refractivity (Wildman–Crippen MR) is 150 cm³/mol. The molecule has 0 atom stereocenters. The molecular formula is C30H35N3O5. The molecule has 3 rings (SSSR count). The molecule has 0 fully saturated rings. The SMILES string of the molecule is COc1ccc(C(=O)Nc2ccc(NC(=O)OC(C)(C)C)cc2NC(=O)c2ccc(C(C)(C)C)cc2)cc1. The largest absolute Gasteiger partial charge is 0.497 e. The minimum Gasteiger partial charge on any atom is -0.497 e. The number of benzene rings is 3. The lowest BCUT2D eigenvalue weighted by atomic mass is 9.87. The molecule has 38 heavy (non-hydrogen) atoms. The van der Waals surface area contributed by atoms with Crippen LogP contribution in [-0.2, 0) is 10.2 Å². The number of ether oxygens (including phenoxy) is 2. The first-order valence-electron chi connectivity index (χ1n) is 12.3. The van der Waals surface area contributed by atoms with E-state index in [2.05, 4.69) is 36.7 Å². The number of hydrogen-bond acceptors (Lipinski definition) is 5. The molecule has 3 N–H and O–H groups in total. The van der Waals surface area contributed by atoms with E-state index in [9.17, 15) is 14.4 Å². The molecule has 0 bridgehead atoms. The summed E-state index contributed by atoms with van der Waals surface area (Å²) in [4.78, 5) is 38.3. The van der Waals surface area contributed by atoms with Crippen molar-refractivity contribution in [3.63, 3.8) is 0 Å². The number of rotatable bonds is 6. The van der Waals surface area contributed by atoms with E-state index in [1.54, 1.807) is 82.5 Å². The van der Waals surface area contributed by atoms with Crippen molar-refractivity contribution >= 4 is 35.0 Å². The number of carbonyl (C=O) groups is 3. The van der Waals surface area contributed by atoms with Crippen LogP contribution in [0.3, 0.4) is 0 Å². The van der Waals surface area contributed by atoms with Gasteiger partial charge in [-0.15, -0.1) is 0 Å². The second-order valence-electron chi connectivity index (χ2n) is 10.9. The summed E-state index contributed by atoms with van der Waals surface area (Å²) in [7, 11) is 1.55. The van der Waals surface area contributed by atoms with Crippen LogP contribution in [0.15, 0.2) is 66.7 Å². The Morgan fingerprint density at radius 1 is 0.658 bits per heavy atom. The minimum atomic E-state index is -0.674. The normalized spacial score (nSPS) is 11.3. The third-order valence-electron chi connectivity index (χ3n) is 5.53. The number of anilines is 3. The highest BCUT2D eigenvalue weighted by atomic mass is 16.6. The average molecular weight is 518 g/mol. The molecule has 0 aromatic heterocycles. The van der Waals surface area contributed by atoms with Crippen molar-refractivity contribution in [3.05, 3.63) is 83.4 Å². The molecule has 8 heteroatoms. The summed E-state index contributed by atoms with van der Waals surface area (Å²) in [5.74, 6) is -0.102. The molecule has 0 spiro atoms. The number of methoxy groups -OCH3 is 1. The second kappa shape index (κ2) is 11.4. The lowest BCUT2D eigenvalue weighted by Crippen LogP contribution is -2.27. The van der Waals surface area contributed by atoms with Gasteiger partial charge in [-0.05, 0) is 86.3 Å². The zero-order valence-electron chi connectivity index (χ0n) is 22.9. The Morgan fingerprint density at radius 2 is 1.18 bits per heavy atom. The van der Waals surface area contributed by atoms with Gasteiger partial charge in [-0.2, -0.15) is 0 Å². The van der Waals surface area contributed by atoms with Crippen molar-refractivity contribution in [3.8, 4) is 5.75 Å². The van der Waals surface area contributed by atoms with E-state index in [-0.39, 0.29) is 17.2 Å². The Hall–Kier alpha value is -4.33. The summed E-state index contributed by atoms with van der Waals surface area (Å²) in [6, 6.07) is 18.8. The molecule has 8 nitrogen and oxygen atoms in total. The number of amides is 3. The van der Waals surface area contributed by atoms with Gasteiger partial charge in [0.15, 0.2) is 0 Å². The van der Waals surface area contributed by atoms with Gasteiger partial charge in [0.2, 0.25) is 0 Å². The van der Waals surface area contributed by atoms with Crippen LogP contribution in [0.5, 0.6) is 5.75 Å². The van der Waals surface area contributed by atoms with E-state index in [0.717, 1.165) is 5.56 Å². The third-order valence-corrected chi connectivity index (χ3v) is 5.53. The van der Waals surface area contributed by atoms with Gasteiger partial charge in [-0.1, -0.05) is 32.9 Å². The van der Waals surface area contributed by atoms with Crippen LogP contribution in [0, 0.1) is 0 Å². The van der Waals surface area contributed by atoms with Crippen molar-refractivity contribution in [2.45, 2.75) is 52.6 Å². The summed E-state index contributed by atoms with van der Waals surface area (Å²) in [5.41, 5.74) is 2.31. The van der Waals surface area contributed by atoms with Gasteiger partial charge in [0.1, 0.15) is 11.4 Å². The molecule has 3 aromatic rings. The molecular weight excluding hydrogens is 482 g/mol. The number of nitrogens with one attached hydrogen (secondary N) is 3. The van der Waals surface area contributed by atoms with Crippen LogP contribution in [0.1, 0.15) is 67.8 Å². The van der Waals surface area contributed by atoms with Crippen molar-refractivity contribution in [2.24, 2.45) is 0 Å². The Morgan fingerprint density at radius 3 is 1.68 bits per heavy atom. The molecule has 0 saturated carbocycles. The van der Waals surface area contributed by atoms with E-state index in [1.807, 2.05) is 12.1 Å². The predicted octanol–water partition coefficient (Wildman–Crippen LogP) is 6.84. The first kappa shape index (κ1) is 28.2. The smallest absolute Gasteiger partial charge is 0.412 e. The minimum absolute atomic E-state index is 0.0461. The van der Waals surface area contributed by atoms with Gasteiger partial charge in [0.25, 0.3) is 11.8 Å². The van der Waals surface area contributed by atoms with E-state index in [0.29, 0.717) is 33.9 Å². The molecule has 3 aromatic carbocycles. The molecule has 0 heterocycles. The van der Waals surface area contributed by atoms with E-state index in [4.69, 9.17) is 9.47 Å². The summed E-state index contributed by atoms with van der Waals surface area (Å²) in [6.07, 6.45) is -0.637. The van der Waals surface area contributed by atoms with Gasteiger partial charge in [0.05, 0.1) is 18.5 Å². The Kier molecular flexibility index (Phi) is 8.46.